The lowest BCUT2D eigenvalue weighted by Crippen LogP contribution is -2.41. The van der Waals surface area contributed by atoms with Gasteiger partial charge in [0, 0.05) is 32.9 Å². The van der Waals surface area contributed by atoms with Gasteiger partial charge in [-0.15, -0.1) is 0 Å². The zero-order chi connectivity index (χ0) is 12.3. The first kappa shape index (κ1) is 12.1. The zero-order valence-corrected chi connectivity index (χ0v) is 10.2. The summed E-state index contributed by atoms with van der Waals surface area (Å²) in [6.07, 6.45) is 3.70. The Morgan fingerprint density at radius 1 is 1.71 bits per heavy atom. The maximum Gasteiger partial charge on any atom is 0.246 e. The Morgan fingerprint density at radius 2 is 2.53 bits per heavy atom. The van der Waals surface area contributed by atoms with Crippen LogP contribution in [0.2, 0.25) is 0 Å². The van der Waals surface area contributed by atoms with E-state index in [4.69, 9.17) is 4.74 Å². The molecule has 0 bridgehead atoms. The van der Waals surface area contributed by atoms with Crippen LogP contribution in [-0.4, -0.2) is 54.2 Å². The molecule has 0 fully saturated rings. The molecule has 0 radical (unpaired) electrons. The van der Waals surface area contributed by atoms with Crippen molar-refractivity contribution in [2.75, 3.05) is 33.9 Å². The molecule has 17 heavy (non-hydrogen) atoms. The van der Waals surface area contributed by atoms with Crippen molar-refractivity contribution < 1.29 is 9.53 Å². The Kier molecular flexibility index (Phi) is 3.75. The Morgan fingerprint density at radius 3 is 3.29 bits per heavy atom. The molecule has 0 saturated heterocycles. The summed E-state index contributed by atoms with van der Waals surface area (Å²) in [7, 11) is 3.59. The molecule has 2 rings (SSSR count). The number of hydrogen-bond acceptors (Lipinski definition) is 4. The number of methoxy groups -OCH3 is 1. The van der Waals surface area contributed by atoms with E-state index >= 15 is 0 Å². The van der Waals surface area contributed by atoms with E-state index < -0.39 is 0 Å². The van der Waals surface area contributed by atoms with Crippen LogP contribution in [0.25, 0.3) is 0 Å². The van der Waals surface area contributed by atoms with Crippen LogP contribution in [0.15, 0.2) is 12.5 Å². The average molecular weight is 238 g/mol. The number of imidazole rings is 1. The molecule has 0 aliphatic carbocycles. The van der Waals surface area contributed by atoms with Crippen LogP contribution in [0, 0.1) is 0 Å². The Balaban J connectivity index is 1.96. The van der Waals surface area contributed by atoms with E-state index in [9.17, 15) is 4.79 Å². The molecule has 0 saturated carbocycles. The van der Waals surface area contributed by atoms with E-state index in [0.717, 1.165) is 13.1 Å². The molecule has 1 aromatic rings. The Bertz CT molecular complexity index is 391. The van der Waals surface area contributed by atoms with Crippen molar-refractivity contribution in [1.29, 1.82) is 0 Å². The number of aromatic nitrogens is 2. The molecule has 6 nitrogen and oxygen atoms in total. The fourth-order valence-electron chi connectivity index (χ4n) is 2.15. The average Bonchev–Trinajstić information content (AvgIpc) is 2.74. The largest absolute Gasteiger partial charge is 0.375 e. The third-order valence-electron chi connectivity index (χ3n) is 2.90. The number of ether oxygens (including phenoxy) is 1. The SMILES string of the molecule is COCC(=O)NC[C@@H]1CN(C)Cc2cncn21. The molecule has 6 heteroatoms. The minimum atomic E-state index is -0.0811. The number of hydrogen-bond donors (Lipinski definition) is 1. The minimum Gasteiger partial charge on any atom is -0.375 e. The van der Waals surface area contributed by atoms with Crippen LogP contribution in [0.1, 0.15) is 11.7 Å². The van der Waals surface area contributed by atoms with E-state index in [-0.39, 0.29) is 18.6 Å². The number of nitrogens with zero attached hydrogens (tertiary/aromatic N) is 3. The normalized spacial score (nSPS) is 20.0. The standard InChI is InChI=1S/C11H18N4O2/c1-14-5-9-3-12-8-15(9)10(6-14)4-13-11(16)7-17-2/h3,8,10H,4-7H2,1-2H3,(H,13,16)/t10-/m1/s1. The van der Waals surface area contributed by atoms with Crippen molar-refractivity contribution in [3.63, 3.8) is 0 Å². The summed E-state index contributed by atoms with van der Waals surface area (Å²) in [6, 6.07) is 0.243. The van der Waals surface area contributed by atoms with Crippen molar-refractivity contribution in [2.45, 2.75) is 12.6 Å². The van der Waals surface area contributed by atoms with Crippen molar-refractivity contribution in [3.8, 4) is 0 Å². The molecule has 2 heterocycles. The second kappa shape index (κ2) is 5.29. The summed E-state index contributed by atoms with van der Waals surface area (Å²) in [4.78, 5) is 17.7. The first-order chi connectivity index (χ1) is 8.20. The van der Waals surface area contributed by atoms with Gasteiger partial charge in [0.2, 0.25) is 5.91 Å². The lowest BCUT2D eigenvalue weighted by Gasteiger charge is -2.32. The monoisotopic (exact) mass is 238 g/mol. The fourth-order valence-corrected chi connectivity index (χ4v) is 2.15. The van der Waals surface area contributed by atoms with Crippen LogP contribution in [-0.2, 0) is 16.1 Å². The Hall–Kier alpha value is -1.40. The number of fused-ring (bicyclic) bond motifs is 1. The van der Waals surface area contributed by atoms with Crippen LogP contribution in [0.5, 0.6) is 0 Å². The van der Waals surface area contributed by atoms with Gasteiger partial charge >= 0.3 is 0 Å². The highest BCUT2D eigenvalue weighted by atomic mass is 16.5. The molecular weight excluding hydrogens is 220 g/mol. The van der Waals surface area contributed by atoms with Crippen molar-refractivity contribution in [2.24, 2.45) is 0 Å². The smallest absolute Gasteiger partial charge is 0.246 e. The number of amides is 1. The van der Waals surface area contributed by atoms with Gasteiger partial charge in [-0.3, -0.25) is 9.69 Å². The zero-order valence-electron chi connectivity index (χ0n) is 10.2. The first-order valence-electron chi connectivity index (χ1n) is 5.65. The summed E-state index contributed by atoms with van der Waals surface area (Å²) >= 11 is 0. The van der Waals surface area contributed by atoms with Gasteiger partial charge in [0.25, 0.3) is 0 Å². The first-order valence-corrected chi connectivity index (χ1v) is 5.65. The summed E-state index contributed by atoms with van der Waals surface area (Å²) in [5.74, 6) is -0.0811. The highest BCUT2D eigenvalue weighted by Gasteiger charge is 2.22. The minimum absolute atomic E-state index is 0.0811. The van der Waals surface area contributed by atoms with E-state index in [0.29, 0.717) is 6.54 Å². The van der Waals surface area contributed by atoms with Crippen molar-refractivity contribution in [3.05, 3.63) is 18.2 Å². The van der Waals surface area contributed by atoms with Crippen LogP contribution >= 0.6 is 0 Å². The lowest BCUT2D eigenvalue weighted by atomic mass is 10.2. The summed E-state index contributed by atoms with van der Waals surface area (Å²) in [5.41, 5.74) is 1.18. The van der Waals surface area contributed by atoms with Gasteiger partial charge in [0.15, 0.2) is 0 Å². The third kappa shape index (κ3) is 2.83. The molecule has 1 aromatic heterocycles. The van der Waals surface area contributed by atoms with Crippen LogP contribution < -0.4 is 5.32 Å². The highest BCUT2D eigenvalue weighted by molar-refractivity contribution is 5.77. The molecule has 1 N–H and O–H groups in total. The van der Waals surface area contributed by atoms with Gasteiger partial charge in [0.05, 0.1) is 18.1 Å². The Labute approximate surface area is 101 Å². The van der Waals surface area contributed by atoms with Crippen LogP contribution in [0.3, 0.4) is 0 Å². The molecule has 1 amide bonds. The van der Waals surface area contributed by atoms with Crippen LogP contribution in [0.4, 0.5) is 0 Å². The van der Waals surface area contributed by atoms with E-state index in [1.165, 1.54) is 12.8 Å². The van der Waals surface area contributed by atoms with Gasteiger partial charge in [-0.05, 0) is 7.05 Å². The predicted octanol–water partition coefficient (Wildman–Crippen LogP) is -0.368. The number of carbonyl (C=O) groups excluding carboxylic acids is 1. The quantitative estimate of drug-likeness (QED) is 0.777. The maximum atomic E-state index is 11.3. The van der Waals surface area contributed by atoms with Gasteiger partial charge in [-0.2, -0.15) is 0 Å². The van der Waals surface area contributed by atoms with Crippen molar-refractivity contribution >= 4 is 5.91 Å². The molecule has 1 aliphatic rings. The van der Waals surface area contributed by atoms with Gasteiger partial charge in [0.1, 0.15) is 6.61 Å². The molecule has 0 spiro atoms. The topological polar surface area (TPSA) is 59.4 Å². The van der Waals surface area contributed by atoms with Crippen molar-refractivity contribution in [1.82, 2.24) is 19.8 Å². The number of rotatable bonds is 4. The van der Waals surface area contributed by atoms with E-state index in [2.05, 4.69) is 26.8 Å². The number of nitrogens with one attached hydrogen (secondary N) is 1. The second-order valence-corrected chi connectivity index (χ2v) is 4.38. The highest BCUT2D eigenvalue weighted by Crippen LogP contribution is 2.18. The molecule has 0 aromatic carbocycles. The second-order valence-electron chi connectivity index (χ2n) is 4.38. The molecule has 0 unspecified atom stereocenters. The number of carbonyl (C=O) groups is 1. The lowest BCUT2D eigenvalue weighted by molar-refractivity contribution is -0.124. The summed E-state index contributed by atoms with van der Waals surface area (Å²) in [5, 5.41) is 2.87. The summed E-state index contributed by atoms with van der Waals surface area (Å²) in [6.45, 7) is 2.54. The summed E-state index contributed by atoms with van der Waals surface area (Å²) < 4.78 is 6.91. The van der Waals surface area contributed by atoms with E-state index in [1.807, 2.05) is 12.5 Å². The molecule has 1 aliphatic heterocycles. The van der Waals surface area contributed by atoms with Gasteiger partial charge in [-0.25, -0.2) is 4.98 Å². The van der Waals surface area contributed by atoms with Gasteiger partial charge < -0.3 is 14.6 Å². The molecule has 94 valence electrons. The van der Waals surface area contributed by atoms with Gasteiger partial charge in [-0.1, -0.05) is 0 Å². The fraction of sp³-hybridized carbons (Fsp3) is 0.636. The maximum absolute atomic E-state index is 11.3. The van der Waals surface area contributed by atoms with E-state index in [1.54, 1.807) is 0 Å². The molecular formula is C11H18N4O2. The predicted molar refractivity (Wildman–Crippen MR) is 62.5 cm³/mol. The number of likely N-dealkylation sites (N-methyl/N-ethyl adjacent to an activating group) is 1. The third-order valence-corrected chi connectivity index (χ3v) is 2.90. The molecule has 1 atom stereocenters.